The highest BCUT2D eigenvalue weighted by Crippen LogP contribution is 2.35. The summed E-state index contributed by atoms with van der Waals surface area (Å²) in [6.07, 6.45) is 3.06. The van der Waals surface area contributed by atoms with E-state index in [1.165, 1.54) is 12.1 Å². The van der Waals surface area contributed by atoms with Gasteiger partial charge in [0.05, 0.1) is 19.5 Å². The molecule has 0 fully saturated rings. The van der Waals surface area contributed by atoms with Gasteiger partial charge in [-0.15, -0.1) is 4.91 Å². The summed E-state index contributed by atoms with van der Waals surface area (Å²) in [7, 11) is 3.14. The molecule has 0 saturated heterocycles. The van der Waals surface area contributed by atoms with Crippen LogP contribution in [0.1, 0.15) is 45.1 Å². The Morgan fingerprint density at radius 1 is 1.03 bits per heavy atom. The zero-order valence-electron chi connectivity index (χ0n) is 21.4. The van der Waals surface area contributed by atoms with E-state index in [-0.39, 0.29) is 18.0 Å². The van der Waals surface area contributed by atoms with Gasteiger partial charge >= 0.3 is 0 Å². The summed E-state index contributed by atoms with van der Waals surface area (Å²) in [5.74, 6) is -0.0640. The lowest BCUT2D eigenvalue weighted by Gasteiger charge is -2.30. The van der Waals surface area contributed by atoms with Crippen molar-refractivity contribution in [3.05, 3.63) is 98.7 Å². The smallest absolute Gasteiger partial charge is 0.273 e. The minimum absolute atomic E-state index is 0.237. The number of ether oxygens (including phenoxy) is 2. The number of hydrogen-bond donors (Lipinski definition) is 1. The molecule has 1 aliphatic heterocycles. The Bertz CT molecular complexity index is 1380. The van der Waals surface area contributed by atoms with Gasteiger partial charge in [-0.3, -0.25) is 9.59 Å². The molecule has 3 aromatic rings. The fourth-order valence-electron chi connectivity index (χ4n) is 4.63. The number of methoxy groups -OCH3 is 2. The van der Waals surface area contributed by atoms with Crippen LogP contribution in [0.2, 0.25) is 0 Å². The maximum atomic E-state index is 13.9. The van der Waals surface area contributed by atoms with E-state index in [0.717, 1.165) is 22.3 Å². The van der Waals surface area contributed by atoms with E-state index in [2.05, 4.69) is 5.29 Å². The van der Waals surface area contributed by atoms with E-state index in [1.807, 2.05) is 24.5 Å². The lowest BCUT2D eigenvalue weighted by molar-refractivity contribution is -0.125. The van der Waals surface area contributed by atoms with Crippen molar-refractivity contribution in [1.82, 2.24) is 10.3 Å². The fourth-order valence-corrected chi connectivity index (χ4v) is 4.63. The molecule has 0 unspecified atom stereocenters. The van der Waals surface area contributed by atoms with Crippen LogP contribution in [0.15, 0.2) is 59.9 Å². The number of aryl methyl sites for hydroxylation is 1. The third-order valence-electron chi connectivity index (χ3n) is 6.57. The number of benzene rings is 3. The van der Waals surface area contributed by atoms with Gasteiger partial charge in [-0.2, -0.15) is 0 Å². The number of carbonyl (C=O) groups excluding carboxylic acids is 2. The van der Waals surface area contributed by atoms with Crippen LogP contribution in [-0.2, 0) is 24.2 Å². The summed E-state index contributed by atoms with van der Waals surface area (Å²) >= 11 is 0. The summed E-state index contributed by atoms with van der Waals surface area (Å²) in [5, 5.41) is 2.44. The molecule has 8 nitrogen and oxygen atoms in total. The van der Waals surface area contributed by atoms with Crippen LogP contribution in [0.5, 0.6) is 11.5 Å². The number of hydrogen-bond acceptors (Lipinski definition) is 6. The third kappa shape index (κ3) is 5.56. The molecular formula is C29H28FN3O5. The van der Waals surface area contributed by atoms with Gasteiger partial charge in [-0.25, -0.2) is 9.82 Å². The van der Waals surface area contributed by atoms with Crippen LogP contribution in [0.25, 0.3) is 11.6 Å². The highest BCUT2D eigenvalue weighted by atomic mass is 19.1. The molecule has 3 aromatic carbocycles. The van der Waals surface area contributed by atoms with Gasteiger partial charge in [0.15, 0.2) is 11.5 Å². The highest BCUT2D eigenvalue weighted by molar-refractivity contribution is 6.24. The first-order chi connectivity index (χ1) is 18.4. The monoisotopic (exact) mass is 517 g/mol. The summed E-state index contributed by atoms with van der Waals surface area (Å²) in [4.78, 5) is 38.1. The quantitative estimate of drug-likeness (QED) is 0.198. The van der Waals surface area contributed by atoms with Crippen LogP contribution < -0.4 is 14.9 Å². The van der Waals surface area contributed by atoms with Gasteiger partial charge in [0.25, 0.3) is 11.8 Å². The second-order valence-corrected chi connectivity index (χ2v) is 8.83. The lowest BCUT2D eigenvalue weighted by atomic mass is 9.95. The summed E-state index contributed by atoms with van der Waals surface area (Å²) in [6, 6.07) is 14.6. The lowest BCUT2D eigenvalue weighted by Crippen LogP contribution is -2.36. The molecule has 196 valence electrons. The number of amides is 2. The van der Waals surface area contributed by atoms with Crippen molar-refractivity contribution in [2.24, 2.45) is 5.29 Å². The van der Waals surface area contributed by atoms with Gasteiger partial charge < -0.3 is 14.4 Å². The molecule has 0 atom stereocenters. The Kier molecular flexibility index (Phi) is 8.15. The van der Waals surface area contributed by atoms with Gasteiger partial charge in [-0.05, 0) is 83.1 Å². The first kappa shape index (κ1) is 26.5. The number of rotatable bonds is 8. The first-order valence-corrected chi connectivity index (χ1v) is 12.1. The van der Waals surface area contributed by atoms with Crippen LogP contribution in [0.4, 0.5) is 4.39 Å². The molecule has 0 aliphatic carbocycles. The largest absolute Gasteiger partial charge is 0.493 e. The molecule has 38 heavy (non-hydrogen) atoms. The van der Waals surface area contributed by atoms with E-state index >= 15 is 0 Å². The van der Waals surface area contributed by atoms with Gasteiger partial charge in [0, 0.05) is 24.2 Å². The predicted octanol–water partition coefficient (Wildman–Crippen LogP) is 4.94. The van der Waals surface area contributed by atoms with E-state index in [4.69, 9.17) is 9.47 Å². The summed E-state index contributed by atoms with van der Waals surface area (Å²) in [5.41, 5.74) is 6.62. The molecule has 0 aromatic heterocycles. The third-order valence-corrected chi connectivity index (χ3v) is 6.57. The molecular weight excluding hydrogens is 489 g/mol. The van der Waals surface area contributed by atoms with Gasteiger partial charge in [-0.1, -0.05) is 25.1 Å². The number of carbonyl (C=O) groups is 2. The topological polar surface area (TPSA) is 97.3 Å². The standard InChI is InChI=1S/C29H28FN3O5/c1-4-19-13-18(15-26(37-2)27(19)38-3)14-25(21-7-9-24(30)10-8-21)29(35)33-12-11-20-5-6-22(16-23(20)17-33)28(34)31-32-36/h5-10,13-16H,4,11-12,17H2,1-3H3,(H,31,34,36)/b25-14+. The normalized spacial score (nSPS) is 12.9. The van der Waals surface area contributed by atoms with Crippen LogP contribution >= 0.6 is 0 Å². The van der Waals surface area contributed by atoms with Crippen LogP contribution in [-0.4, -0.2) is 37.5 Å². The molecule has 0 bridgehead atoms. The van der Waals surface area contributed by atoms with E-state index < -0.39 is 11.7 Å². The molecule has 2 amide bonds. The Hall–Kier alpha value is -4.53. The van der Waals surface area contributed by atoms with Crippen molar-refractivity contribution < 1.29 is 23.5 Å². The first-order valence-electron chi connectivity index (χ1n) is 12.1. The zero-order chi connectivity index (χ0) is 27.2. The minimum Gasteiger partial charge on any atom is -0.493 e. The van der Waals surface area contributed by atoms with Crippen LogP contribution in [0.3, 0.4) is 0 Å². The average molecular weight is 518 g/mol. The Labute approximate surface area is 220 Å². The minimum atomic E-state index is -0.613. The maximum Gasteiger partial charge on any atom is 0.273 e. The highest BCUT2D eigenvalue weighted by Gasteiger charge is 2.25. The van der Waals surface area contributed by atoms with Crippen molar-refractivity contribution in [3.8, 4) is 11.5 Å². The fraction of sp³-hybridized carbons (Fsp3) is 0.241. The molecule has 0 radical (unpaired) electrons. The van der Waals surface area contributed by atoms with Crippen molar-refractivity contribution in [2.75, 3.05) is 20.8 Å². The maximum absolute atomic E-state index is 13.9. The Morgan fingerprint density at radius 3 is 2.42 bits per heavy atom. The van der Waals surface area contributed by atoms with Crippen molar-refractivity contribution >= 4 is 23.5 Å². The van der Waals surface area contributed by atoms with Crippen molar-refractivity contribution in [1.29, 1.82) is 0 Å². The van der Waals surface area contributed by atoms with Crippen molar-refractivity contribution in [3.63, 3.8) is 0 Å². The van der Waals surface area contributed by atoms with Crippen LogP contribution in [0, 0.1) is 10.7 Å². The SMILES string of the molecule is CCc1cc(/C=C(/C(=O)N2CCc3ccc(C(=O)NN=O)cc3C2)c2ccc(F)cc2)cc(OC)c1OC. The van der Waals surface area contributed by atoms with Gasteiger partial charge in [0.1, 0.15) is 5.82 Å². The number of nitroso groups, excluding NO2 is 1. The van der Waals surface area contributed by atoms with Gasteiger partial charge in [0.2, 0.25) is 0 Å². The summed E-state index contributed by atoms with van der Waals surface area (Å²) in [6.45, 7) is 2.74. The number of halogens is 1. The molecule has 0 saturated carbocycles. The van der Waals surface area contributed by atoms with E-state index in [1.54, 1.807) is 55.5 Å². The number of nitrogens with zero attached hydrogens (tertiary/aromatic N) is 2. The van der Waals surface area contributed by atoms with E-state index in [0.29, 0.717) is 42.0 Å². The number of nitrogens with one attached hydrogen (secondary N) is 1. The second-order valence-electron chi connectivity index (χ2n) is 8.83. The Morgan fingerprint density at radius 2 is 1.76 bits per heavy atom. The number of fused-ring (bicyclic) bond motifs is 1. The molecule has 0 spiro atoms. The summed E-state index contributed by atoms with van der Waals surface area (Å²) < 4.78 is 24.8. The Balaban J connectivity index is 1.74. The average Bonchev–Trinajstić information content (AvgIpc) is 2.95. The molecule has 1 aliphatic rings. The predicted molar refractivity (Wildman–Crippen MR) is 142 cm³/mol. The van der Waals surface area contributed by atoms with Crippen molar-refractivity contribution in [2.45, 2.75) is 26.3 Å². The van der Waals surface area contributed by atoms with E-state index in [9.17, 15) is 18.9 Å². The molecule has 9 heteroatoms. The molecule has 1 heterocycles. The molecule has 4 rings (SSSR count). The molecule has 1 N–H and O–H groups in total. The zero-order valence-corrected chi connectivity index (χ0v) is 21.4. The second kappa shape index (κ2) is 11.7.